The molecule has 0 fully saturated rings. The van der Waals surface area contributed by atoms with Crippen molar-refractivity contribution in [3.63, 3.8) is 0 Å². The van der Waals surface area contributed by atoms with Crippen LogP contribution in [-0.2, 0) is 28.5 Å². The van der Waals surface area contributed by atoms with Gasteiger partial charge in [-0.15, -0.1) is 0 Å². The van der Waals surface area contributed by atoms with E-state index >= 15 is 0 Å². The summed E-state index contributed by atoms with van der Waals surface area (Å²) in [6.45, 7) is 6.64. The molecule has 1 rings (SSSR count). The Morgan fingerprint density at radius 2 is 1.59 bits per heavy atom. The number of hydrogen-bond acceptors (Lipinski definition) is 10. The summed E-state index contributed by atoms with van der Waals surface area (Å²) in [6, 6.07) is 7.20. The fourth-order valence-corrected chi connectivity index (χ4v) is 2.02. The van der Waals surface area contributed by atoms with Gasteiger partial charge in [0, 0.05) is 33.0 Å². The van der Waals surface area contributed by atoms with Gasteiger partial charge in [0.2, 0.25) is 6.41 Å². The number of benzene rings is 1. The molecule has 0 aliphatic heterocycles. The van der Waals surface area contributed by atoms with Crippen LogP contribution in [0.25, 0.3) is 0 Å². The lowest BCUT2D eigenvalue weighted by atomic mass is 10.1. The van der Waals surface area contributed by atoms with Crippen LogP contribution in [0.15, 0.2) is 36.5 Å². The van der Waals surface area contributed by atoms with Crippen molar-refractivity contribution in [2.75, 3.05) is 41.5 Å². The summed E-state index contributed by atoms with van der Waals surface area (Å²) in [5.74, 6) is -0.873. The second-order valence-corrected chi connectivity index (χ2v) is 6.48. The van der Waals surface area contributed by atoms with Gasteiger partial charge in [0.05, 0.1) is 25.9 Å². The highest BCUT2D eigenvalue weighted by molar-refractivity contribution is 5.94. The molecule has 0 aliphatic rings. The summed E-state index contributed by atoms with van der Waals surface area (Å²) in [7, 11) is 5.54. The number of ether oxygens (including phenoxy) is 4. The second-order valence-electron chi connectivity index (χ2n) is 6.48. The third-order valence-electron chi connectivity index (χ3n) is 3.82. The minimum Gasteiger partial charge on any atom is -0.459 e. The summed E-state index contributed by atoms with van der Waals surface area (Å²) in [5.41, 5.74) is 1.50. The van der Waals surface area contributed by atoms with Crippen molar-refractivity contribution < 1.29 is 53.1 Å². The monoisotopic (exact) mass is 530 g/mol. The molecule has 0 spiro atoms. The molecule has 0 radical (unpaired) electrons. The van der Waals surface area contributed by atoms with Crippen molar-refractivity contribution in [1.29, 1.82) is 0 Å². The van der Waals surface area contributed by atoms with E-state index in [2.05, 4.69) is 9.47 Å². The van der Waals surface area contributed by atoms with Crippen LogP contribution >= 0.6 is 0 Å². The van der Waals surface area contributed by atoms with Crippen LogP contribution in [0.4, 0.5) is 9.59 Å². The number of methoxy groups -OCH3 is 3. The Labute approximate surface area is 216 Å². The third kappa shape index (κ3) is 24.8. The zero-order valence-electron chi connectivity index (χ0n) is 22.3. The van der Waals surface area contributed by atoms with Crippen molar-refractivity contribution in [3.05, 3.63) is 47.7 Å². The maximum atomic E-state index is 12.0. The van der Waals surface area contributed by atoms with Gasteiger partial charge < -0.3 is 34.1 Å². The van der Waals surface area contributed by atoms with Crippen molar-refractivity contribution in [1.82, 2.24) is 10.2 Å². The van der Waals surface area contributed by atoms with Gasteiger partial charge in [0.15, 0.2) is 0 Å². The summed E-state index contributed by atoms with van der Waals surface area (Å²) in [4.78, 5) is 53.4. The topological polar surface area (TPSA) is 178 Å². The van der Waals surface area contributed by atoms with E-state index in [1.165, 1.54) is 6.08 Å². The minimum atomic E-state index is -1.25. The highest BCUT2D eigenvalue weighted by Crippen LogP contribution is 2.07. The van der Waals surface area contributed by atoms with Crippen LogP contribution in [0.5, 0.6) is 0 Å². The molecule has 210 valence electrons. The molecule has 1 aromatic carbocycles. The third-order valence-corrected chi connectivity index (χ3v) is 3.82. The SMILES string of the molecule is CC.COC(=O)O.COC(=O)O.COC(CCN(C)/C=C\C(=O)NC=O)COC(=O)c1cccc(C)c1. The van der Waals surface area contributed by atoms with Crippen molar-refractivity contribution >= 4 is 30.6 Å². The smallest absolute Gasteiger partial charge is 0.459 e. The van der Waals surface area contributed by atoms with Gasteiger partial charge >= 0.3 is 18.3 Å². The van der Waals surface area contributed by atoms with E-state index in [9.17, 15) is 14.4 Å². The van der Waals surface area contributed by atoms with Crippen LogP contribution in [0, 0.1) is 6.92 Å². The average molecular weight is 531 g/mol. The highest BCUT2D eigenvalue weighted by Gasteiger charge is 2.13. The number of nitrogens with one attached hydrogen (secondary N) is 1. The molecule has 1 unspecified atom stereocenters. The van der Waals surface area contributed by atoms with E-state index in [-0.39, 0.29) is 18.7 Å². The lowest BCUT2D eigenvalue weighted by Gasteiger charge is -2.19. The Morgan fingerprint density at radius 3 is 2.03 bits per heavy atom. The number of rotatable bonds is 10. The Kier molecular flexibility index (Phi) is 25.3. The Hall–Kier alpha value is -4.13. The normalized spacial score (nSPS) is 9.92. The van der Waals surface area contributed by atoms with E-state index in [1.807, 2.05) is 38.2 Å². The first-order valence-electron chi connectivity index (χ1n) is 10.9. The lowest BCUT2D eigenvalue weighted by molar-refractivity contribution is -0.121. The zero-order valence-corrected chi connectivity index (χ0v) is 22.3. The van der Waals surface area contributed by atoms with Crippen molar-refractivity contribution in [3.8, 4) is 0 Å². The molecular formula is C24H38N2O11. The quantitative estimate of drug-likeness (QED) is 0.175. The van der Waals surface area contributed by atoms with Gasteiger partial charge in [0.25, 0.3) is 5.91 Å². The molecule has 0 bridgehead atoms. The number of carbonyl (C=O) groups excluding carboxylic acids is 3. The first-order valence-corrected chi connectivity index (χ1v) is 10.9. The number of amides is 2. The Morgan fingerprint density at radius 1 is 1.05 bits per heavy atom. The highest BCUT2D eigenvalue weighted by atomic mass is 16.7. The average Bonchev–Trinajstić information content (AvgIpc) is 2.89. The molecule has 13 nitrogen and oxygen atoms in total. The molecule has 3 N–H and O–H groups in total. The van der Waals surface area contributed by atoms with Gasteiger partial charge in [0.1, 0.15) is 6.61 Å². The van der Waals surface area contributed by atoms with Crippen LogP contribution < -0.4 is 5.32 Å². The number of carboxylic acid groups (broad SMARTS) is 2. The zero-order chi connectivity index (χ0) is 29.2. The summed E-state index contributed by atoms with van der Waals surface area (Å²) in [6.07, 6.45) is 1.01. The summed E-state index contributed by atoms with van der Waals surface area (Å²) < 4.78 is 17.9. The molecule has 37 heavy (non-hydrogen) atoms. The summed E-state index contributed by atoms with van der Waals surface area (Å²) in [5, 5.41) is 17.0. The van der Waals surface area contributed by atoms with Crippen molar-refractivity contribution in [2.45, 2.75) is 33.3 Å². The molecular weight excluding hydrogens is 492 g/mol. The van der Waals surface area contributed by atoms with E-state index in [0.29, 0.717) is 24.9 Å². The van der Waals surface area contributed by atoms with Gasteiger partial charge in [-0.25, -0.2) is 14.4 Å². The van der Waals surface area contributed by atoms with Gasteiger partial charge in [-0.3, -0.25) is 14.9 Å². The number of aryl methyl sites for hydroxylation is 1. The predicted molar refractivity (Wildman–Crippen MR) is 134 cm³/mol. The molecule has 2 amide bonds. The maximum Gasteiger partial charge on any atom is 0.505 e. The number of nitrogens with zero attached hydrogens (tertiary/aromatic N) is 1. The minimum absolute atomic E-state index is 0.145. The molecule has 1 atom stereocenters. The largest absolute Gasteiger partial charge is 0.505 e. The van der Waals surface area contributed by atoms with Crippen molar-refractivity contribution in [2.24, 2.45) is 0 Å². The van der Waals surface area contributed by atoms with E-state index in [4.69, 9.17) is 29.3 Å². The molecule has 0 heterocycles. The van der Waals surface area contributed by atoms with Crippen LogP contribution in [0.2, 0.25) is 0 Å². The first kappa shape index (κ1) is 37.4. The maximum absolute atomic E-state index is 12.0. The fourth-order valence-electron chi connectivity index (χ4n) is 2.02. The standard InChI is InChI=1S/C18H24N2O5.2C2H4O3.C2H6/c1-14-5-4-6-15(11-14)18(23)25-12-16(24-3)7-9-20(2)10-8-17(22)19-13-21;2*1-5-2(3)4;1-2/h4-6,8,10-11,13,16H,7,9,12H2,1-3H3,(H,19,21,22);2*1H3,(H,3,4);1-2H3/b10-8-;;;. The molecule has 0 saturated carbocycles. The predicted octanol–water partition coefficient (Wildman–Crippen LogP) is 2.92. The molecule has 0 aliphatic carbocycles. The van der Waals surface area contributed by atoms with E-state index < -0.39 is 18.2 Å². The van der Waals surface area contributed by atoms with E-state index in [1.54, 1.807) is 37.4 Å². The van der Waals surface area contributed by atoms with Gasteiger partial charge in [-0.1, -0.05) is 31.5 Å². The number of imide groups is 1. The number of esters is 1. The van der Waals surface area contributed by atoms with Crippen LogP contribution in [0.3, 0.4) is 0 Å². The molecule has 0 saturated heterocycles. The molecule has 0 aromatic heterocycles. The van der Waals surface area contributed by atoms with Crippen LogP contribution in [0.1, 0.15) is 36.2 Å². The first-order chi connectivity index (χ1) is 17.5. The molecule has 13 heteroatoms. The fraction of sp³-hybridized carbons (Fsp3) is 0.458. The van der Waals surface area contributed by atoms with Gasteiger partial charge in [-0.05, 0) is 25.5 Å². The Balaban J connectivity index is -0.000000803. The van der Waals surface area contributed by atoms with Gasteiger partial charge in [-0.2, -0.15) is 0 Å². The van der Waals surface area contributed by atoms with Crippen LogP contribution in [-0.4, -0.2) is 93.3 Å². The summed E-state index contributed by atoms with van der Waals surface area (Å²) >= 11 is 0. The molecule has 1 aromatic rings. The lowest BCUT2D eigenvalue weighted by Crippen LogP contribution is -2.26. The van der Waals surface area contributed by atoms with E-state index in [0.717, 1.165) is 19.8 Å². The number of hydrogen-bond donors (Lipinski definition) is 3. The second kappa shape index (κ2) is 25.0. The Bertz CT molecular complexity index is 815. The number of carbonyl (C=O) groups is 5.